The van der Waals surface area contributed by atoms with Gasteiger partial charge in [0.25, 0.3) is 0 Å². The van der Waals surface area contributed by atoms with E-state index in [1.54, 1.807) is 0 Å². The van der Waals surface area contributed by atoms with E-state index in [1.165, 1.54) is 6.42 Å². The summed E-state index contributed by atoms with van der Waals surface area (Å²) in [5.41, 5.74) is 0.476. The van der Waals surface area contributed by atoms with Crippen molar-refractivity contribution in [2.75, 3.05) is 5.32 Å². The first-order valence-electron chi connectivity index (χ1n) is 6.63. The van der Waals surface area contributed by atoms with Crippen LogP contribution in [0.2, 0.25) is 5.02 Å². The van der Waals surface area contributed by atoms with Crippen LogP contribution in [0.1, 0.15) is 33.1 Å². The highest BCUT2D eigenvalue weighted by Crippen LogP contribution is 2.40. The van der Waals surface area contributed by atoms with Crippen molar-refractivity contribution in [2.45, 2.75) is 38.6 Å². The lowest BCUT2D eigenvalue weighted by atomic mass is 9.69. The molecule has 0 heterocycles. The molecule has 0 aliphatic heterocycles. The van der Waals surface area contributed by atoms with Crippen LogP contribution in [0.5, 0.6) is 0 Å². The number of benzene rings is 1. The fraction of sp³-hybridized carbons (Fsp3) is 0.533. The summed E-state index contributed by atoms with van der Waals surface area (Å²) in [5.74, 6) is 0.900. The summed E-state index contributed by atoms with van der Waals surface area (Å²) in [6.45, 7) is 4.40. The predicted molar refractivity (Wildman–Crippen MR) is 83.3 cm³/mol. The van der Waals surface area contributed by atoms with Crippen LogP contribution < -0.4 is 5.32 Å². The van der Waals surface area contributed by atoms with Gasteiger partial charge in [0.1, 0.15) is 5.54 Å². The second-order valence-corrected chi connectivity index (χ2v) is 6.76. The predicted octanol–water partition coefficient (Wildman–Crippen LogP) is 5.23. The van der Waals surface area contributed by atoms with Crippen LogP contribution in [0.4, 0.5) is 5.69 Å². The lowest BCUT2D eigenvalue weighted by molar-refractivity contribution is 0.206. The molecule has 1 aromatic carbocycles. The maximum Gasteiger partial charge on any atom is 0.128 e. The van der Waals surface area contributed by atoms with Gasteiger partial charge in [-0.15, -0.1) is 0 Å². The molecule has 0 saturated heterocycles. The fourth-order valence-corrected chi connectivity index (χ4v) is 3.36. The molecule has 1 aromatic rings. The highest BCUT2D eigenvalue weighted by atomic mass is 79.9. The third kappa shape index (κ3) is 2.90. The molecular formula is C15H18BrClN2. The van der Waals surface area contributed by atoms with Crippen molar-refractivity contribution in [1.82, 2.24) is 0 Å². The van der Waals surface area contributed by atoms with Crippen molar-refractivity contribution in [3.05, 3.63) is 27.7 Å². The van der Waals surface area contributed by atoms with Crippen LogP contribution in [-0.4, -0.2) is 5.54 Å². The molecule has 0 amide bonds. The molecular weight excluding hydrogens is 324 g/mol. The van der Waals surface area contributed by atoms with Crippen LogP contribution in [0.15, 0.2) is 22.7 Å². The monoisotopic (exact) mass is 340 g/mol. The lowest BCUT2D eigenvalue weighted by Crippen LogP contribution is -2.48. The number of hydrogen-bond donors (Lipinski definition) is 1. The van der Waals surface area contributed by atoms with E-state index >= 15 is 0 Å². The summed E-state index contributed by atoms with van der Waals surface area (Å²) >= 11 is 9.43. The molecule has 0 radical (unpaired) electrons. The third-order valence-electron chi connectivity index (χ3n) is 4.35. The van der Waals surface area contributed by atoms with Crippen molar-refractivity contribution in [3.63, 3.8) is 0 Å². The second kappa shape index (κ2) is 5.73. The number of nitrogens with zero attached hydrogens (tertiary/aromatic N) is 1. The maximum absolute atomic E-state index is 9.66. The Labute approximate surface area is 128 Å². The highest BCUT2D eigenvalue weighted by Gasteiger charge is 2.41. The van der Waals surface area contributed by atoms with Crippen molar-refractivity contribution in [2.24, 2.45) is 11.8 Å². The van der Waals surface area contributed by atoms with Gasteiger partial charge in [0.15, 0.2) is 0 Å². The molecule has 3 unspecified atom stereocenters. The summed E-state index contributed by atoms with van der Waals surface area (Å²) < 4.78 is 0.851. The SMILES string of the molecule is CC1CCCC(C#N)(Nc2ccc(Cl)c(Br)c2)C1C. The minimum absolute atomic E-state index is 0.334. The first kappa shape index (κ1) is 14.7. The van der Waals surface area contributed by atoms with Crippen molar-refractivity contribution < 1.29 is 0 Å². The van der Waals surface area contributed by atoms with Crippen molar-refractivity contribution in [1.29, 1.82) is 5.26 Å². The number of nitrogens with one attached hydrogen (secondary N) is 1. The van der Waals surface area contributed by atoms with E-state index in [9.17, 15) is 5.26 Å². The molecule has 1 fully saturated rings. The van der Waals surface area contributed by atoms with Gasteiger partial charge in [0.2, 0.25) is 0 Å². The van der Waals surface area contributed by atoms with Crippen LogP contribution in [-0.2, 0) is 0 Å². The molecule has 1 N–H and O–H groups in total. The van der Waals surface area contributed by atoms with Crippen molar-refractivity contribution in [3.8, 4) is 6.07 Å². The lowest BCUT2D eigenvalue weighted by Gasteiger charge is -2.42. The van der Waals surface area contributed by atoms with Crippen molar-refractivity contribution >= 4 is 33.2 Å². The maximum atomic E-state index is 9.66. The molecule has 3 atom stereocenters. The normalized spacial score (nSPS) is 30.7. The standard InChI is InChI=1S/C15H18BrClN2/c1-10-4-3-7-15(9-18,11(10)2)19-12-5-6-14(17)13(16)8-12/h5-6,8,10-11,19H,3-4,7H2,1-2H3. The zero-order valence-corrected chi connectivity index (χ0v) is 13.6. The van der Waals surface area contributed by atoms with Gasteiger partial charge in [-0.3, -0.25) is 0 Å². The number of rotatable bonds is 2. The molecule has 2 nitrogen and oxygen atoms in total. The Balaban J connectivity index is 2.27. The Morgan fingerprint density at radius 2 is 2.21 bits per heavy atom. The fourth-order valence-electron chi connectivity index (χ4n) is 2.86. The first-order chi connectivity index (χ1) is 8.98. The van der Waals surface area contributed by atoms with E-state index in [0.717, 1.165) is 23.0 Å². The molecule has 0 spiro atoms. The average Bonchev–Trinajstić information content (AvgIpc) is 2.39. The summed E-state index contributed by atoms with van der Waals surface area (Å²) in [4.78, 5) is 0. The van der Waals surface area contributed by atoms with Gasteiger partial charge in [-0.05, 0) is 58.8 Å². The summed E-state index contributed by atoms with van der Waals surface area (Å²) in [5, 5.41) is 13.8. The molecule has 1 aliphatic rings. The highest BCUT2D eigenvalue weighted by molar-refractivity contribution is 9.10. The molecule has 2 rings (SSSR count). The Morgan fingerprint density at radius 3 is 2.84 bits per heavy atom. The number of halogens is 2. The smallest absolute Gasteiger partial charge is 0.128 e. The first-order valence-corrected chi connectivity index (χ1v) is 7.80. The van der Waals surface area contributed by atoms with Crippen LogP contribution in [0.3, 0.4) is 0 Å². The average molecular weight is 342 g/mol. The number of nitriles is 1. The molecule has 1 saturated carbocycles. The number of anilines is 1. The topological polar surface area (TPSA) is 35.8 Å². The van der Waals surface area contributed by atoms with Gasteiger partial charge in [0, 0.05) is 10.2 Å². The largest absolute Gasteiger partial charge is 0.367 e. The number of hydrogen-bond acceptors (Lipinski definition) is 2. The zero-order valence-electron chi connectivity index (χ0n) is 11.2. The summed E-state index contributed by atoms with van der Waals surface area (Å²) in [6, 6.07) is 8.23. The molecule has 0 aromatic heterocycles. The third-order valence-corrected chi connectivity index (χ3v) is 5.56. The summed E-state index contributed by atoms with van der Waals surface area (Å²) in [7, 11) is 0. The van der Waals surface area contributed by atoms with Crippen LogP contribution in [0.25, 0.3) is 0 Å². The Morgan fingerprint density at radius 1 is 1.47 bits per heavy atom. The second-order valence-electron chi connectivity index (χ2n) is 5.50. The molecule has 102 valence electrons. The van der Waals surface area contributed by atoms with Crippen LogP contribution >= 0.6 is 27.5 Å². The Kier molecular flexibility index (Phi) is 4.43. The van der Waals surface area contributed by atoms with E-state index in [-0.39, 0.29) is 0 Å². The van der Waals surface area contributed by atoms with E-state index < -0.39 is 5.54 Å². The zero-order chi connectivity index (χ0) is 14.0. The molecule has 0 bridgehead atoms. The van der Waals surface area contributed by atoms with Gasteiger partial charge in [-0.1, -0.05) is 31.9 Å². The van der Waals surface area contributed by atoms with Gasteiger partial charge in [0.05, 0.1) is 11.1 Å². The van der Waals surface area contributed by atoms with Gasteiger partial charge < -0.3 is 5.32 Å². The Bertz CT molecular complexity index is 511. The summed E-state index contributed by atoms with van der Waals surface area (Å²) in [6.07, 6.45) is 3.20. The molecule has 1 aliphatic carbocycles. The van der Waals surface area contributed by atoms with E-state index in [1.807, 2.05) is 18.2 Å². The van der Waals surface area contributed by atoms with E-state index in [0.29, 0.717) is 16.9 Å². The van der Waals surface area contributed by atoms with E-state index in [2.05, 4.69) is 41.2 Å². The molecule has 4 heteroatoms. The van der Waals surface area contributed by atoms with Gasteiger partial charge in [-0.2, -0.15) is 5.26 Å². The Hall–Kier alpha value is -0.720. The molecule has 19 heavy (non-hydrogen) atoms. The van der Waals surface area contributed by atoms with Gasteiger partial charge in [-0.25, -0.2) is 0 Å². The van der Waals surface area contributed by atoms with E-state index in [4.69, 9.17) is 11.6 Å². The quantitative estimate of drug-likeness (QED) is 0.799. The van der Waals surface area contributed by atoms with Gasteiger partial charge >= 0.3 is 0 Å². The van der Waals surface area contributed by atoms with Crippen LogP contribution in [0, 0.1) is 23.2 Å². The minimum Gasteiger partial charge on any atom is -0.367 e. The minimum atomic E-state index is -0.467.